The maximum absolute atomic E-state index is 12.1. The molecule has 1 aromatic carbocycles. The molecule has 0 aromatic heterocycles. The minimum Gasteiger partial charge on any atom is -0.284 e. The first kappa shape index (κ1) is 11.4. The smallest absolute Gasteiger partial charge is 0.261 e. The standard InChI is InChI=1S/C13H14N2O3/c1-14-12(16)9-10(8-6-4-3-5-7-8)15(2)18-11(9)13(14)17/h3-7,9-11H,1-2H3/t9-,10-,11+/m1/s1. The lowest BCUT2D eigenvalue weighted by Gasteiger charge is -2.22. The fourth-order valence-electron chi connectivity index (χ4n) is 2.76. The zero-order valence-corrected chi connectivity index (χ0v) is 10.2. The second-order valence-corrected chi connectivity index (χ2v) is 4.69. The van der Waals surface area contributed by atoms with Crippen LogP contribution >= 0.6 is 0 Å². The van der Waals surface area contributed by atoms with Gasteiger partial charge in [-0.1, -0.05) is 30.3 Å². The van der Waals surface area contributed by atoms with Gasteiger partial charge in [0.25, 0.3) is 5.91 Å². The Balaban J connectivity index is 2.01. The van der Waals surface area contributed by atoms with Crippen LogP contribution < -0.4 is 0 Å². The Kier molecular flexibility index (Phi) is 2.46. The van der Waals surface area contributed by atoms with Crippen LogP contribution in [0, 0.1) is 5.92 Å². The molecule has 2 saturated heterocycles. The molecule has 5 heteroatoms. The number of nitrogens with zero attached hydrogens (tertiary/aromatic N) is 2. The van der Waals surface area contributed by atoms with Crippen LogP contribution in [0.3, 0.4) is 0 Å². The van der Waals surface area contributed by atoms with E-state index in [0.29, 0.717) is 0 Å². The fourth-order valence-corrected chi connectivity index (χ4v) is 2.76. The number of likely N-dealkylation sites (N-methyl/N-ethyl adjacent to an activating group) is 1. The molecule has 3 atom stereocenters. The van der Waals surface area contributed by atoms with Gasteiger partial charge in [-0.25, -0.2) is 0 Å². The minimum atomic E-state index is -0.669. The first-order valence-electron chi connectivity index (χ1n) is 5.87. The number of benzene rings is 1. The summed E-state index contributed by atoms with van der Waals surface area (Å²) in [7, 11) is 3.27. The van der Waals surface area contributed by atoms with Gasteiger partial charge in [-0.3, -0.25) is 19.3 Å². The molecule has 0 aliphatic carbocycles. The lowest BCUT2D eigenvalue weighted by atomic mass is 9.91. The maximum atomic E-state index is 12.1. The quantitative estimate of drug-likeness (QED) is 0.680. The summed E-state index contributed by atoms with van der Waals surface area (Å²) >= 11 is 0. The van der Waals surface area contributed by atoms with Crippen LogP contribution in [0.15, 0.2) is 30.3 Å². The van der Waals surface area contributed by atoms with Crippen molar-refractivity contribution < 1.29 is 14.4 Å². The second kappa shape index (κ2) is 3.90. The summed E-state index contributed by atoms with van der Waals surface area (Å²) in [6.07, 6.45) is -0.669. The first-order valence-corrected chi connectivity index (χ1v) is 5.87. The normalized spacial score (nSPS) is 32.1. The van der Waals surface area contributed by atoms with Crippen LogP contribution in [-0.2, 0) is 14.4 Å². The van der Waals surface area contributed by atoms with Gasteiger partial charge in [0.05, 0.1) is 12.0 Å². The molecule has 0 bridgehead atoms. The molecule has 0 radical (unpaired) electrons. The molecule has 0 unspecified atom stereocenters. The van der Waals surface area contributed by atoms with Gasteiger partial charge in [0, 0.05) is 14.1 Å². The van der Waals surface area contributed by atoms with Crippen LogP contribution in [0.2, 0.25) is 0 Å². The maximum Gasteiger partial charge on any atom is 0.261 e. The number of rotatable bonds is 1. The average Bonchev–Trinajstić information content (AvgIpc) is 2.82. The van der Waals surface area contributed by atoms with Gasteiger partial charge in [0.1, 0.15) is 0 Å². The van der Waals surface area contributed by atoms with Crippen molar-refractivity contribution in [2.45, 2.75) is 12.1 Å². The van der Waals surface area contributed by atoms with Gasteiger partial charge in [0.15, 0.2) is 6.10 Å². The van der Waals surface area contributed by atoms with Crippen molar-refractivity contribution in [1.29, 1.82) is 0 Å². The number of amides is 2. The molecule has 18 heavy (non-hydrogen) atoms. The minimum absolute atomic E-state index is 0.164. The zero-order chi connectivity index (χ0) is 12.9. The van der Waals surface area contributed by atoms with E-state index in [-0.39, 0.29) is 17.9 Å². The van der Waals surface area contributed by atoms with Gasteiger partial charge >= 0.3 is 0 Å². The van der Waals surface area contributed by atoms with Crippen molar-refractivity contribution in [3.8, 4) is 0 Å². The lowest BCUT2D eigenvalue weighted by Crippen LogP contribution is -2.33. The van der Waals surface area contributed by atoms with E-state index >= 15 is 0 Å². The SMILES string of the molecule is CN1C(=O)[C@H]2[C@H](ON(C)[C@@H]2c2ccccc2)C1=O. The summed E-state index contributed by atoms with van der Waals surface area (Å²) in [5.41, 5.74) is 0.990. The summed E-state index contributed by atoms with van der Waals surface area (Å²) in [5.74, 6) is -0.853. The number of hydrogen-bond donors (Lipinski definition) is 0. The Morgan fingerprint density at radius 2 is 1.72 bits per heavy atom. The summed E-state index contributed by atoms with van der Waals surface area (Å²) in [5, 5.41) is 1.62. The van der Waals surface area contributed by atoms with Gasteiger partial charge in [-0.05, 0) is 5.56 Å². The van der Waals surface area contributed by atoms with Crippen LogP contribution in [0.1, 0.15) is 11.6 Å². The van der Waals surface area contributed by atoms with E-state index in [1.165, 1.54) is 7.05 Å². The number of carbonyl (C=O) groups is 2. The van der Waals surface area contributed by atoms with Crippen LogP contribution in [0.25, 0.3) is 0 Å². The molecular weight excluding hydrogens is 232 g/mol. The van der Waals surface area contributed by atoms with Gasteiger partial charge < -0.3 is 0 Å². The molecule has 2 fully saturated rings. The van der Waals surface area contributed by atoms with Gasteiger partial charge in [0.2, 0.25) is 5.91 Å². The van der Waals surface area contributed by atoms with Crippen molar-refractivity contribution in [2.75, 3.05) is 14.1 Å². The number of carbonyl (C=O) groups excluding carboxylic acids is 2. The Labute approximate surface area is 105 Å². The van der Waals surface area contributed by atoms with Crippen molar-refractivity contribution in [2.24, 2.45) is 5.92 Å². The van der Waals surface area contributed by atoms with Crippen LogP contribution in [0.4, 0.5) is 0 Å². The molecule has 0 spiro atoms. The van der Waals surface area contributed by atoms with Crippen molar-refractivity contribution in [3.05, 3.63) is 35.9 Å². The third-order valence-electron chi connectivity index (χ3n) is 3.67. The summed E-state index contributed by atoms with van der Waals surface area (Å²) in [6.45, 7) is 0. The average molecular weight is 246 g/mol. The Hall–Kier alpha value is -1.72. The Bertz CT molecular complexity index is 502. The van der Waals surface area contributed by atoms with Crippen LogP contribution in [-0.4, -0.2) is 42.0 Å². The highest BCUT2D eigenvalue weighted by molar-refractivity contribution is 6.07. The van der Waals surface area contributed by atoms with E-state index in [9.17, 15) is 9.59 Å². The molecule has 2 heterocycles. The molecular formula is C13H14N2O3. The van der Waals surface area contributed by atoms with Gasteiger partial charge in [-0.2, -0.15) is 5.06 Å². The van der Waals surface area contributed by atoms with Crippen molar-refractivity contribution >= 4 is 11.8 Å². The number of fused-ring (bicyclic) bond motifs is 1. The highest BCUT2D eigenvalue weighted by Crippen LogP contribution is 2.42. The summed E-state index contributed by atoms with van der Waals surface area (Å²) < 4.78 is 0. The molecule has 0 saturated carbocycles. The van der Waals surface area contributed by atoms with E-state index in [0.717, 1.165) is 10.5 Å². The third-order valence-corrected chi connectivity index (χ3v) is 3.67. The van der Waals surface area contributed by atoms with Crippen molar-refractivity contribution in [1.82, 2.24) is 9.96 Å². The molecule has 1 aromatic rings. The molecule has 5 nitrogen and oxygen atoms in total. The van der Waals surface area contributed by atoms with Gasteiger partial charge in [-0.15, -0.1) is 0 Å². The largest absolute Gasteiger partial charge is 0.284 e. The van der Waals surface area contributed by atoms with E-state index in [4.69, 9.17) is 4.84 Å². The zero-order valence-electron chi connectivity index (χ0n) is 10.2. The van der Waals surface area contributed by atoms with E-state index in [1.807, 2.05) is 30.3 Å². The van der Waals surface area contributed by atoms with E-state index < -0.39 is 12.0 Å². The van der Waals surface area contributed by atoms with Crippen molar-refractivity contribution in [3.63, 3.8) is 0 Å². The monoisotopic (exact) mass is 246 g/mol. The molecule has 2 aliphatic heterocycles. The molecule has 3 rings (SSSR count). The highest BCUT2D eigenvalue weighted by atomic mass is 16.7. The predicted octanol–water partition coefficient (Wildman–Crippen LogP) is 0.588. The Morgan fingerprint density at radius 3 is 2.39 bits per heavy atom. The summed E-state index contributed by atoms with van der Waals surface area (Å²) in [6, 6.07) is 9.46. The number of hydrogen-bond acceptors (Lipinski definition) is 4. The van der Waals surface area contributed by atoms with E-state index in [1.54, 1.807) is 12.1 Å². The first-order chi connectivity index (χ1) is 8.61. The predicted molar refractivity (Wildman–Crippen MR) is 63.1 cm³/mol. The molecule has 0 N–H and O–H groups in total. The molecule has 2 amide bonds. The fraction of sp³-hybridized carbons (Fsp3) is 0.385. The number of imide groups is 1. The van der Waals surface area contributed by atoms with E-state index in [2.05, 4.69) is 0 Å². The molecule has 2 aliphatic rings. The second-order valence-electron chi connectivity index (χ2n) is 4.69. The summed E-state index contributed by atoms with van der Waals surface area (Å²) in [4.78, 5) is 30.7. The number of likely N-dealkylation sites (tertiary alicyclic amines) is 1. The highest BCUT2D eigenvalue weighted by Gasteiger charge is 2.57. The third kappa shape index (κ3) is 1.41. The topological polar surface area (TPSA) is 49.9 Å². The lowest BCUT2D eigenvalue weighted by molar-refractivity contribution is -0.168. The van der Waals surface area contributed by atoms with Crippen LogP contribution in [0.5, 0.6) is 0 Å². The Morgan fingerprint density at radius 1 is 1.06 bits per heavy atom. The molecule has 94 valence electrons. The number of hydroxylamine groups is 2.